The van der Waals surface area contributed by atoms with Crippen molar-refractivity contribution in [2.75, 3.05) is 13.2 Å². The van der Waals surface area contributed by atoms with E-state index in [0.29, 0.717) is 10.2 Å². The van der Waals surface area contributed by atoms with Gasteiger partial charge in [-0.15, -0.1) is 11.3 Å². The number of aromatic nitrogens is 2. The monoisotopic (exact) mass is 576 g/mol. The molecular weight excluding hydrogens is 555 g/mol. The summed E-state index contributed by atoms with van der Waals surface area (Å²) in [4.78, 5) is 33.4. The molecule has 1 aliphatic rings. The molecule has 2 amide bonds. The third-order valence-electron chi connectivity index (χ3n) is 6.78. The molecule has 40 heavy (non-hydrogen) atoms. The average molecular weight is 577 g/mol. The third-order valence-corrected chi connectivity index (χ3v) is 7.76. The molecule has 1 unspecified atom stereocenters. The Hall–Kier alpha value is -4.13. The fraction of sp³-hybridized carbons (Fsp3) is 0.259. The number of fused-ring (bicyclic) bond motifs is 2. The van der Waals surface area contributed by atoms with Crippen molar-refractivity contribution in [3.8, 4) is 17.0 Å². The number of carbonyl (C=O) groups is 2. The second kappa shape index (κ2) is 10.1. The summed E-state index contributed by atoms with van der Waals surface area (Å²) in [6, 6.07) is 10.3. The highest BCUT2D eigenvalue weighted by Crippen LogP contribution is 2.46. The average Bonchev–Trinajstić information content (AvgIpc) is 3.49. The van der Waals surface area contributed by atoms with Gasteiger partial charge in [-0.05, 0) is 55.5 Å². The second-order valence-electron chi connectivity index (χ2n) is 9.49. The van der Waals surface area contributed by atoms with Gasteiger partial charge >= 0.3 is 6.18 Å². The van der Waals surface area contributed by atoms with E-state index in [2.05, 4.69) is 15.3 Å². The first kappa shape index (κ1) is 27.4. The maximum atomic E-state index is 14.4. The molecular formula is C27H21F5N4O3S. The Morgan fingerprint density at radius 3 is 2.52 bits per heavy atom. The zero-order valence-corrected chi connectivity index (χ0v) is 21.6. The molecule has 2 aromatic heterocycles. The number of ether oxygens (including phenoxy) is 1. The van der Waals surface area contributed by atoms with Gasteiger partial charge in [-0.2, -0.15) is 13.2 Å². The molecule has 3 heterocycles. The fourth-order valence-electron chi connectivity index (χ4n) is 4.44. The van der Waals surface area contributed by atoms with Gasteiger partial charge in [0.1, 0.15) is 46.9 Å². The maximum absolute atomic E-state index is 14.4. The van der Waals surface area contributed by atoms with Crippen molar-refractivity contribution < 1.29 is 36.3 Å². The van der Waals surface area contributed by atoms with Gasteiger partial charge in [0.25, 0.3) is 5.91 Å². The molecule has 0 saturated carbocycles. The predicted octanol–water partition coefficient (Wildman–Crippen LogP) is 5.18. The number of benzene rings is 2. The highest BCUT2D eigenvalue weighted by atomic mass is 32.1. The summed E-state index contributed by atoms with van der Waals surface area (Å²) in [5.74, 6) is -4.35. The number of pyridine rings is 1. The van der Waals surface area contributed by atoms with Crippen molar-refractivity contribution in [2.45, 2.75) is 31.1 Å². The molecule has 0 aliphatic carbocycles. The van der Waals surface area contributed by atoms with Crippen LogP contribution in [-0.4, -0.2) is 41.1 Å². The number of nitrogens with one attached hydrogen (secondary N) is 1. The molecule has 13 heteroatoms. The van der Waals surface area contributed by atoms with Crippen molar-refractivity contribution in [3.63, 3.8) is 0 Å². The van der Waals surface area contributed by atoms with Crippen LogP contribution in [0, 0.1) is 5.82 Å². The van der Waals surface area contributed by atoms with E-state index in [9.17, 15) is 31.5 Å². The van der Waals surface area contributed by atoms with Crippen LogP contribution in [0.25, 0.3) is 21.5 Å². The van der Waals surface area contributed by atoms with Gasteiger partial charge in [-0.1, -0.05) is 0 Å². The van der Waals surface area contributed by atoms with Crippen LogP contribution in [0.2, 0.25) is 0 Å². The van der Waals surface area contributed by atoms with E-state index in [-0.39, 0.29) is 39.7 Å². The molecule has 0 radical (unpaired) electrons. The van der Waals surface area contributed by atoms with Gasteiger partial charge < -0.3 is 15.8 Å². The minimum absolute atomic E-state index is 0.0163. The summed E-state index contributed by atoms with van der Waals surface area (Å²) in [6.07, 6.45) is -4.85. The molecule has 3 N–H and O–H groups in total. The van der Waals surface area contributed by atoms with Crippen LogP contribution < -0.4 is 15.8 Å². The number of nitrogens with two attached hydrogens (primary N) is 1. The smallest absolute Gasteiger partial charge is 0.398 e. The summed E-state index contributed by atoms with van der Waals surface area (Å²) in [5.41, 5.74) is 4.58. The van der Waals surface area contributed by atoms with E-state index >= 15 is 0 Å². The predicted molar refractivity (Wildman–Crippen MR) is 137 cm³/mol. The summed E-state index contributed by atoms with van der Waals surface area (Å²) >= 11 is 1.04. The Balaban J connectivity index is 1.52. The first-order valence-corrected chi connectivity index (χ1v) is 12.8. The number of primary amides is 1. The van der Waals surface area contributed by atoms with E-state index in [0.717, 1.165) is 29.5 Å². The van der Waals surface area contributed by atoms with Crippen molar-refractivity contribution >= 4 is 33.4 Å². The van der Waals surface area contributed by atoms with Crippen molar-refractivity contribution in [2.24, 2.45) is 5.73 Å². The van der Waals surface area contributed by atoms with Gasteiger partial charge in [0.15, 0.2) is 0 Å². The number of thiazole rings is 1. The first-order valence-electron chi connectivity index (χ1n) is 11.9. The molecule has 0 spiro atoms. The van der Waals surface area contributed by atoms with E-state index in [1.54, 1.807) is 0 Å². The lowest BCUT2D eigenvalue weighted by Crippen LogP contribution is -2.40. The highest BCUT2D eigenvalue weighted by Gasteiger charge is 2.47. The molecule has 208 valence electrons. The van der Waals surface area contributed by atoms with Crippen molar-refractivity contribution in [3.05, 3.63) is 76.2 Å². The van der Waals surface area contributed by atoms with Crippen molar-refractivity contribution in [1.29, 1.82) is 0 Å². The normalized spacial score (nSPS) is 17.4. The number of hydrogen-bond donors (Lipinski definition) is 2. The Morgan fingerprint density at radius 2 is 1.88 bits per heavy atom. The van der Waals surface area contributed by atoms with Gasteiger partial charge in [-0.3, -0.25) is 9.59 Å². The van der Waals surface area contributed by atoms with Crippen LogP contribution in [0.3, 0.4) is 0 Å². The molecule has 0 bridgehead atoms. The summed E-state index contributed by atoms with van der Waals surface area (Å²) in [5, 5.41) is 2.52. The topological polar surface area (TPSA) is 107 Å². The number of carbonyl (C=O) groups excluding carboxylic acids is 2. The molecule has 7 nitrogen and oxygen atoms in total. The Labute approximate surface area is 228 Å². The molecule has 5 rings (SSSR count). The molecule has 1 aliphatic heterocycles. The van der Waals surface area contributed by atoms with Crippen LogP contribution in [0.1, 0.15) is 39.5 Å². The molecule has 2 atom stereocenters. The van der Waals surface area contributed by atoms with Crippen LogP contribution in [-0.2, 0) is 16.9 Å². The van der Waals surface area contributed by atoms with Crippen LogP contribution in [0.4, 0.5) is 22.0 Å². The van der Waals surface area contributed by atoms with Crippen molar-refractivity contribution in [1.82, 2.24) is 15.3 Å². The standard InChI is InChI=1S/C27H21F5N4O3S/c1-26(25(33)38)12-39-23-16(26)9-19(36-22(23)13-2-5-15(29)6-3-13)17(27(30,31)32)11-34-24(37)14-4-7-18-20(8-14)40-21(10-28)35-18/h2-9,17H,10-12H2,1H3,(H2,33,38)(H,34,37)/t17-,26?/m1/s1. The lowest BCUT2D eigenvalue weighted by atomic mass is 9.82. The molecule has 2 aromatic carbocycles. The summed E-state index contributed by atoms with van der Waals surface area (Å²) in [6.45, 7) is -0.411. The van der Waals surface area contributed by atoms with Gasteiger partial charge in [0, 0.05) is 23.2 Å². The van der Waals surface area contributed by atoms with E-state index in [4.69, 9.17) is 10.5 Å². The fourth-order valence-corrected chi connectivity index (χ4v) is 5.30. The Kier molecular flexibility index (Phi) is 6.94. The van der Waals surface area contributed by atoms with E-state index in [1.807, 2.05) is 0 Å². The van der Waals surface area contributed by atoms with Gasteiger partial charge in [-0.25, -0.2) is 18.7 Å². The number of rotatable bonds is 7. The summed E-state index contributed by atoms with van der Waals surface area (Å²) < 4.78 is 75.9. The number of amides is 2. The number of halogens is 5. The zero-order valence-electron chi connectivity index (χ0n) is 20.8. The second-order valence-corrected chi connectivity index (χ2v) is 10.6. The minimum atomic E-state index is -4.85. The first-order chi connectivity index (χ1) is 18.9. The third kappa shape index (κ3) is 4.96. The van der Waals surface area contributed by atoms with Gasteiger partial charge in [0.05, 0.1) is 15.9 Å². The lowest BCUT2D eigenvalue weighted by molar-refractivity contribution is -0.149. The zero-order chi connectivity index (χ0) is 28.8. The largest absolute Gasteiger partial charge is 0.489 e. The Morgan fingerprint density at radius 1 is 1.15 bits per heavy atom. The maximum Gasteiger partial charge on any atom is 0.398 e. The summed E-state index contributed by atoms with van der Waals surface area (Å²) in [7, 11) is 0. The lowest BCUT2D eigenvalue weighted by Gasteiger charge is -2.24. The number of alkyl halides is 4. The van der Waals surface area contributed by atoms with Crippen LogP contribution in [0.15, 0.2) is 48.5 Å². The van der Waals surface area contributed by atoms with Crippen LogP contribution in [0.5, 0.6) is 5.75 Å². The number of nitrogens with zero attached hydrogens (tertiary/aromatic N) is 2. The highest BCUT2D eigenvalue weighted by molar-refractivity contribution is 7.18. The minimum Gasteiger partial charge on any atom is -0.489 e. The van der Waals surface area contributed by atoms with E-state index in [1.165, 1.54) is 37.3 Å². The molecule has 0 fully saturated rings. The quantitative estimate of drug-likeness (QED) is 0.295. The van der Waals surface area contributed by atoms with Gasteiger partial charge in [0.2, 0.25) is 5.91 Å². The van der Waals surface area contributed by atoms with E-state index < -0.39 is 54.1 Å². The number of hydrogen-bond acceptors (Lipinski definition) is 6. The SMILES string of the molecule is CC1(C(N)=O)COc2c1cc([C@@H](CNC(=O)c1ccc3nc(CF)sc3c1)C(F)(F)F)nc2-c1ccc(F)cc1. The van der Waals surface area contributed by atoms with Crippen LogP contribution >= 0.6 is 11.3 Å². The molecule has 4 aromatic rings. The Bertz CT molecular complexity index is 1620. The molecule has 0 saturated heterocycles.